The molecule has 2 rings (SSSR count). The average molecular weight is 328 g/mol. The summed E-state index contributed by atoms with van der Waals surface area (Å²) < 4.78 is 4.70. The first-order valence-electron chi connectivity index (χ1n) is 7.62. The number of ether oxygens (including phenoxy) is 1. The van der Waals surface area contributed by atoms with Gasteiger partial charge < -0.3 is 15.4 Å². The van der Waals surface area contributed by atoms with Crippen LogP contribution in [0.4, 0.5) is 11.6 Å². The first-order chi connectivity index (χ1) is 11.5. The average Bonchev–Trinajstić information content (AvgIpc) is 2.58. The largest absolute Gasteiger partial charge is 0.465 e. The van der Waals surface area contributed by atoms with E-state index >= 15 is 0 Å². The van der Waals surface area contributed by atoms with Crippen molar-refractivity contribution in [1.29, 1.82) is 0 Å². The van der Waals surface area contributed by atoms with Gasteiger partial charge in [0.05, 0.1) is 12.7 Å². The molecule has 1 amide bonds. The maximum atomic E-state index is 12.1. The second-order valence-corrected chi connectivity index (χ2v) is 5.17. The number of rotatable bonds is 6. The SMILES string of the molecule is CCCNC(=O)c1cc(C)nc(Nc2cccc(C(=O)OC)c2)n1. The lowest BCUT2D eigenvalue weighted by Crippen LogP contribution is -2.25. The predicted octanol–water partition coefficient (Wildman–Crippen LogP) is 2.46. The Bertz CT molecular complexity index is 746. The molecular formula is C17H20N4O3. The van der Waals surface area contributed by atoms with Gasteiger partial charge in [-0.3, -0.25) is 4.79 Å². The Labute approximate surface area is 140 Å². The normalized spacial score (nSPS) is 10.1. The van der Waals surface area contributed by atoms with E-state index in [1.54, 1.807) is 37.3 Å². The minimum atomic E-state index is -0.427. The van der Waals surface area contributed by atoms with E-state index in [0.29, 0.717) is 35.1 Å². The number of aromatic nitrogens is 2. The molecule has 0 aliphatic carbocycles. The standard InChI is InChI=1S/C17H20N4O3/c1-4-8-18-15(22)14-9-11(2)19-17(21-14)20-13-7-5-6-12(10-13)16(23)24-3/h5-7,9-10H,4,8H2,1-3H3,(H,18,22)(H,19,20,21). The van der Waals surface area contributed by atoms with Crippen LogP contribution in [0.2, 0.25) is 0 Å². The number of hydrogen-bond acceptors (Lipinski definition) is 6. The zero-order valence-electron chi connectivity index (χ0n) is 13.9. The molecular weight excluding hydrogens is 308 g/mol. The van der Waals surface area contributed by atoms with E-state index in [0.717, 1.165) is 6.42 Å². The third kappa shape index (κ3) is 4.52. The molecule has 0 spiro atoms. The maximum Gasteiger partial charge on any atom is 0.337 e. The molecule has 0 aliphatic rings. The number of carbonyl (C=O) groups is 2. The Balaban J connectivity index is 2.22. The summed E-state index contributed by atoms with van der Waals surface area (Å²) in [4.78, 5) is 32.1. The number of aryl methyl sites for hydroxylation is 1. The van der Waals surface area contributed by atoms with Gasteiger partial charge in [-0.05, 0) is 37.6 Å². The lowest BCUT2D eigenvalue weighted by molar-refractivity contribution is 0.0600. The Morgan fingerprint density at radius 2 is 2.00 bits per heavy atom. The van der Waals surface area contributed by atoms with Crippen LogP contribution < -0.4 is 10.6 Å². The molecule has 0 bridgehead atoms. The van der Waals surface area contributed by atoms with Crippen molar-refractivity contribution in [3.63, 3.8) is 0 Å². The summed E-state index contributed by atoms with van der Waals surface area (Å²) in [7, 11) is 1.33. The van der Waals surface area contributed by atoms with Crippen LogP contribution in [0.3, 0.4) is 0 Å². The van der Waals surface area contributed by atoms with Crippen molar-refractivity contribution in [3.8, 4) is 0 Å². The van der Waals surface area contributed by atoms with Crippen molar-refractivity contribution in [3.05, 3.63) is 47.3 Å². The van der Waals surface area contributed by atoms with Gasteiger partial charge in [-0.2, -0.15) is 0 Å². The van der Waals surface area contributed by atoms with Gasteiger partial charge in [-0.25, -0.2) is 14.8 Å². The summed E-state index contributed by atoms with van der Waals surface area (Å²) >= 11 is 0. The number of nitrogens with one attached hydrogen (secondary N) is 2. The number of esters is 1. The lowest BCUT2D eigenvalue weighted by atomic mass is 10.2. The Morgan fingerprint density at radius 3 is 2.71 bits per heavy atom. The van der Waals surface area contributed by atoms with Crippen LogP contribution in [0.1, 0.15) is 39.9 Å². The van der Waals surface area contributed by atoms with Gasteiger partial charge in [0, 0.05) is 17.9 Å². The Morgan fingerprint density at radius 1 is 1.21 bits per heavy atom. The fourth-order valence-corrected chi connectivity index (χ4v) is 2.04. The van der Waals surface area contributed by atoms with Crippen molar-refractivity contribution in [2.75, 3.05) is 19.0 Å². The van der Waals surface area contributed by atoms with E-state index in [9.17, 15) is 9.59 Å². The number of hydrogen-bond donors (Lipinski definition) is 2. The minimum absolute atomic E-state index is 0.242. The van der Waals surface area contributed by atoms with Gasteiger partial charge in [0.25, 0.3) is 5.91 Å². The molecule has 0 saturated carbocycles. The second kappa shape index (κ2) is 8.05. The molecule has 7 nitrogen and oxygen atoms in total. The molecule has 0 unspecified atom stereocenters. The summed E-state index contributed by atoms with van der Waals surface area (Å²) in [5.74, 6) is -0.379. The van der Waals surface area contributed by atoms with Crippen LogP contribution in [0.5, 0.6) is 0 Å². The first kappa shape index (κ1) is 17.4. The van der Waals surface area contributed by atoms with Gasteiger partial charge in [0.1, 0.15) is 5.69 Å². The predicted molar refractivity (Wildman–Crippen MR) is 90.5 cm³/mol. The lowest BCUT2D eigenvalue weighted by Gasteiger charge is -2.09. The molecule has 126 valence electrons. The summed E-state index contributed by atoms with van der Waals surface area (Å²) in [6.07, 6.45) is 0.848. The molecule has 1 aromatic heterocycles. The molecule has 1 heterocycles. The van der Waals surface area contributed by atoms with Gasteiger partial charge >= 0.3 is 5.97 Å². The van der Waals surface area contributed by atoms with E-state index in [1.807, 2.05) is 6.92 Å². The number of carbonyl (C=O) groups excluding carboxylic acids is 2. The third-order valence-electron chi connectivity index (χ3n) is 3.16. The van der Waals surface area contributed by atoms with Crippen LogP contribution in [0.25, 0.3) is 0 Å². The second-order valence-electron chi connectivity index (χ2n) is 5.17. The number of benzene rings is 1. The maximum absolute atomic E-state index is 12.1. The highest BCUT2D eigenvalue weighted by molar-refractivity contribution is 5.93. The van der Waals surface area contributed by atoms with E-state index in [1.165, 1.54) is 7.11 Å². The van der Waals surface area contributed by atoms with Gasteiger partial charge in [0.15, 0.2) is 0 Å². The van der Waals surface area contributed by atoms with Crippen molar-refractivity contribution in [1.82, 2.24) is 15.3 Å². The topological polar surface area (TPSA) is 93.2 Å². The third-order valence-corrected chi connectivity index (χ3v) is 3.16. The summed E-state index contributed by atoms with van der Waals surface area (Å²) in [6, 6.07) is 8.40. The van der Waals surface area contributed by atoms with Crippen molar-refractivity contribution in [2.24, 2.45) is 0 Å². The molecule has 0 aliphatic heterocycles. The monoisotopic (exact) mass is 328 g/mol. The van der Waals surface area contributed by atoms with Gasteiger partial charge in [0.2, 0.25) is 5.95 Å². The zero-order valence-corrected chi connectivity index (χ0v) is 13.9. The fraction of sp³-hybridized carbons (Fsp3) is 0.294. The number of amides is 1. The molecule has 0 saturated heterocycles. The molecule has 2 N–H and O–H groups in total. The number of anilines is 2. The van der Waals surface area contributed by atoms with E-state index in [4.69, 9.17) is 4.74 Å². The highest BCUT2D eigenvalue weighted by Gasteiger charge is 2.11. The summed E-state index contributed by atoms with van der Waals surface area (Å²) in [5, 5.41) is 5.79. The first-order valence-corrected chi connectivity index (χ1v) is 7.62. The molecule has 7 heteroatoms. The molecule has 24 heavy (non-hydrogen) atoms. The minimum Gasteiger partial charge on any atom is -0.465 e. The molecule has 0 atom stereocenters. The zero-order chi connectivity index (χ0) is 17.5. The van der Waals surface area contributed by atoms with Crippen LogP contribution in [0.15, 0.2) is 30.3 Å². The molecule has 0 radical (unpaired) electrons. The summed E-state index contributed by atoms with van der Waals surface area (Å²) in [6.45, 7) is 4.35. The highest BCUT2D eigenvalue weighted by atomic mass is 16.5. The van der Waals surface area contributed by atoms with Crippen molar-refractivity contribution < 1.29 is 14.3 Å². The van der Waals surface area contributed by atoms with E-state index < -0.39 is 5.97 Å². The Hall–Kier alpha value is -2.96. The van der Waals surface area contributed by atoms with Crippen molar-refractivity contribution >= 4 is 23.5 Å². The quantitative estimate of drug-likeness (QED) is 0.791. The van der Waals surface area contributed by atoms with Gasteiger partial charge in [-0.1, -0.05) is 13.0 Å². The van der Waals surface area contributed by atoms with Crippen molar-refractivity contribution in [2.45, 2.75) is 20.3 Å². The van der Waals surface area contributed by atoms with Gasteiger partial charge in [-0.15, -0.1) is 0 Å². The smallest absolute Gasteiger partial charge is 0.337 e. The van der Waals surface area contributed by atoms with Crippen LogP contribution in [0, 0.1) is 6.92 Å². The molecule has 2 aromatic rings. The number of nitrogens with zero attached hydrogens (tertiary/aromatic N) is 2. The highest BCUT2D eigenvalue weighted by Crippen LogP contribution is 2.16. The van der Waals surface area contributed by atoms with E-state index in [2.05, 4.69) is 20.6 Å². The Kier molecular flexibility index (Phi) is 5.83. The molecule has 0 fully saturated rings. The van der Waals surface area contributed by atoms with E-state index in [-0.39, 0.29) is 5.91 Å². The number of methoxy groups -OCH3 is 1. The molecule has 1 aromatic carbocycles. The fourth-order valence-electron chi connectivity index (χ4n) is 2.04. The van der Waals surface area contributed by atoms with Crippen LogP contribution in [-0.4, -0.2) is 35.5 Å². The van der Waals surface area contributed by atoms with Crippen LogP contribution in [-0.2, 0) is 4.74 Å². The summed E-state index contributed by atoms with van der Waals surface area (Å²) in [5.41, 5.74) is 2.00. The van der Waals surface area contributed by atoms with Crippen LogP contribution >= 0.6 is 0 Å².